The minimum absolute atomic E-state index is 0.300. The van der Waals surface area contributed by atoms with Crippen molar-refractivity contribution in [3.63, 3.8) is 0 Å². The summed E-state index contributed by atoms with van der Waals surface area (Å²) in [6.07, 6.45) is 0.233. The van der Waals surface area contributed by atoms with Crippen molar-refractivity contribution < 1.29 is 14.3 Å². The Labute approximate surface area is 180 Å². The van der Waals surface area contributed by atoms with E-state index in [-0.39, 0.29) is 12.0 Å². The highest BCUT2D eigenvalue weighted by Gasteiger charge is 2.29. The molecule has 0 spiro atoms. The van der Waals surface area contributed by atoms with Crippen molar-refractivity contribution in [1.29, 1.82) is 0 Å². The second-order valence-corrected chi connectivity index (χ2v) is 8.73. The zero-order valence-corrected chi connectivity index (χ0v) is 18.4. The normalized spacial score (nSPS) is 13.8. The molecule has 0 saturated carbocycles. The topological polar surface area (TPSA) is 113 Å². The van der Waals surface area contributed by atoms with Gasteiger partial charge in [-0.1, -0.05) is 0 Å². The third-order valence-electron chi connectivity index (χ3n) is 5.15. The summed E-state index contributed by atoms with van der Waals surface area (Å²) in [5.41, 5.74) is 4.68. The summed E-state index contributed by atoms with van der Waals surface area (Å²) >= 11 is 0. The van der Waals surface area contributed by atoms with Gasteiger partial charge in [0.1, 0.15) is 5.60 Å². The lowest BCUT2D eigenvalue weighted by Gasteiger charge is -2.30. The number of carbonyl (C=O) groups is 2. The highest BCUT2D eigenvalue weighted by atomic mass is 16.6. The first-order valence-corrected chi connectivity index (χ1v) is 10.2. The number of rotatable bonds is 2. The number of benzene rings is 1. The number of anilines is 1. The lowest BCUT2D eigenvalue weighted by molar-refractivity contribution is 0.0224. The van der Waals surface area contributed by atoms with Crippen LogP contribution in [0, 0.1) is 13.8 Å². The lowest BCUT2D eigenvalue weighted by Crippen LogP contribution is -2.40. The minimum atomic E-state index is -0.569. The lowest BCUT2D eigenvalue weighted by atomic mass is 10.1. The number of aromatic nitrogens is 4. The van der Waals surface area contributed by atoms with Crippen LogP contribution in [-0.4, -0.2) is 49.2 Å². The molecule has 3 heterocycles. The smallest absolute Gasteiger partial charge is 0.410 e. The Morgan fingerprint density at radius 3 is 2.55 bits per heavy atom. The van der Waals surface area contributed by atoms with E-state index >= 15 is 0 Å². The number of aryl methyl sites for hydroxylation is 2. The molecular weight excluding hydrogens is 396 g/mol. The van der Waals surface area contributed by atoms with Gasteiger partial charge in [0.2, 0.25) is 0 Å². The van der Waals surface area contributed by atoms with Crippen LogP contribution in [0.2, 0.25) is 0 Å². The average Bonchev–Trinajstić information content (AvgIpc) is 3.09. The second kappa shape index (κ2) is 7.64. The molecule has 2 aromatic heterocycles. The molecule has 2 N–H and O–H groups in total. The zero-order valence-electron chi connectivity index (χ0n) is 18.4. The van der Waals surface area contributed by atoms with Gasteiger partial charge in [-0.15, -0.1) is 0 Å². The van der Waals surface area contributed by atoms with Crippen molar-refractivity contribution in [2.45, 2.75) is 53.2 Å². The van der Waals surface area contributed by atoms with Crippen LogP contribution in [0.3, 0.4) is 0 Å². The SMILES string of the molecule is Cc1nc2ccc(C(=O)Nc3n[nH]c4c3CN(C(=O)OC(C)(C)C)CC4)cc2nc1C. The highest BCUT2D eigenvalue weighted by molar-refractivity contribution is 6.05. The molecule has 0 atom stereocenters. The summed E-state index contributed by atoms with van der Waals surface area (Å²) in [5, 5.41) is 10.1. The highest BCUT2D eigenvalue weighted by Crippen LogP contribution is 2.26. The molecule has 2 amide bonds. The number of fused-ring (bicyclic) bond motifs is 2. The summed E-state index contributed by atoms with van der Waals surface area (Å²) < 4.78 is 5.47. The largest absolute Gasteiger partial charge is 0.444 e. The summed E-state index contributed by atoms with van der Waals surface area (Å²) in [5.74, 6) is 0.116. The molecule has 162 valence electrons. The van der Waals surface area contributed by atoms with Crippen LogP contribution in [0.5, 0.6) is 0 Å². The van der Waals surface area contributed by atoms with Gasteiger partial charge >= 0.3 is 6.09 Å². The van der Waals surface area contributed by atoms with Crippen molar-refractivity contribution in [3.8, 4) is 0 Å². The van der Waals surface area contributed by atoms with Gasteiger partial charge < -0.3 is 15.0 Å². The fraction of sp³-hybridized carbons (Fsp3) is 0.409. The molecule has 0 saturated heterocycles. The van der Waals surface area contributed by atoms with E-state index in [2.05, 4.69) is 25.5 Å². The monoisotopic (exact) mass is 422 g/mol. The predicted octanol–water partition coefficient (Wildman–Crippen LogP) is 3.52. The molecule has 1 aromatic carbocycles. The second-order valence-electron chi connectivity index (χ2n) is 8.73. The van der Waals surface area contributed by atoms with E-state index in [1.165, 1.54) is 0 Å². The molecule has 0 fully saturated rings. The van der Waals surface area contributed by atoms with Crippen LogP contribution in [-0.2, 0) is 17.7 Å². The predicted molar refractivity (Wildman–Crippen MR) is 116 cm³/mol. The van der Waals surface area contributed by atoms with Gasteiger partial charge in [0.15, 0.2) is 5.82 Å². The molecule has 4 rings (SSSR count). The van der Waals surface area contributed by atoms with Gasteiger partial charge in [0, 0.05) is 29.8 Å². The van der Waals surface area contributed by atoms with E-state index in [1.807, 2.05) is 34.6 Å². The number of aromatic amines is 1. The first-order valence-electron chi connectivity index (χ1n) is 10.2. The number of carbonyl (C=O) groups excluding carboxylic acids is 2. The molecule has 9 heteroatoms. The average molecular weight is 422 g/mol. The maximum absolute atomic E-state index is 12.9. The Hall–Kier alpha value is -3.49. The van der Waals surface area contributed by atoms with E-state index in [9.17, 15) is 9.59 Å². The van der Waals surface area contributed by atoms with Crippen molar-refractivity contribution >= 4 is 28.9 Å². The maximum atomic E-state index is 12.9. The Morgan fingerprint density at radius 2 is 1.84 bits per heavy atom. The van der Waals surface area contributed by atoms with Gasteiger partial charge in [-0.3, -0.25) is 9.89 Å². The minimum Gasteiger partial charge on any atom is -0.444 e. The number of ether oxygens (including phenoxy) is 1. The molecule has 3 aromatic rings. The number of nitrogens with zero attached hydrogens (tertiary/aromatic N) is 4. The molecule has 31 heavy (non-hydrogen) atoms. The van der Waals surface area contributed by atoms with Crippen molar-refractivity contribution in [2.24, 2.45) is 0 Å². The molecule has 1 aliphatic heterocycles. The van der Waals surface area contributed by atoms with E-state index in [1.54, 1.807) is 23.1 Å². The van der Waals surface area contributed by atoms with Gasteiger partial charge in [-0.2, -0.15) is 5.10 Å². The van der Waals surface area contributed by atoms with Crippen LogP contribution in [0.4, 0.5) is 10.6 Å². The number of amides is 2. The first kappa shape index (κ1) is 20.8. The number of hydrogen-bond donors (Lipinski definition) is 2. The Balaban J connectivity index is 1.53. The zero-order chi connectivity index (χ0) is 22.3. The van der Waals surface area contributed by atoms with Crippen LogP contribution < -0.4 is 5.32 Å². The molecule has 0 bridgehead atoms. The third-order valence-corrected chi connectivity index (χ3v) is 5.15. The Morgan fingerprint density at radius 1 is 1.13 bits per heavy atom. The van der Waals surface area contributed by atoms with Gasteiger partial charge in [-0.05, 0) is 52.8 Å². The standard InChI is InChI=1S/C22H26N6O3/c1-12-13(2)24-18-10-14(6-7-17(18)23-12)20(29)25-19-15-11-28(9-8-16(15)26-27-19)21(30)31-22(3,4)5/h6-7,10H,8-9,11H2,1-5H3,(H2,25,26,27,29). The van der Waals surface area contributed by atoms with E-state index < -0.39 is 5.60 Å². The maximum Gasteiger partial charge on any atom is 0.410 e. The van der Waals surface area contributed by atoms with E-state index in [0.717, 1.165) is 28.2 Å². The van der Waals surface area contributed by atoms with Crippen molar-refractivity contribution in [2.75, 3.05) is 11.9 Å². The van der Waals surface area contributed by atoms with Crippen LogP contribution >= 0.6 is 0 Å². The quantitative estimate of drug-likeness (QED) is 0.653. The van der Waals surface area contributed by atoms with E-state index in [0.29, 0.717) is 36.4 Å². The molecule has 9 nitrogen and oxygen atoms in total. The molecule has 0 radical (unpaired) electrons. The van der Waals surface area contributed by atoms with Gasteiger partial charge in [0.05, 0.1) is 29.0 Å². The number of hydrogen-bond acceptors (Lipinski definition) is 6. The summed E-state index contributed by atoms with van der Waals surface area (Å²) in [7, 11) is 0. The fourth-order valence-corrected chi connectivity index (χ4v) is 3.43. The van der Waals surface area contributed by atoms with Crippen molar-refractivity contribution in [1.82, 2.24) is 25.1 Å². The molecule has 1 aliphatic rings. The van der Waals surface area contributed by atoms with Gasteiger partial charge in [-0.25, -0.2) is 14.8 Å². The number of H-pyrrole nitrogens is 1. The number of nitrogens with one attached hydrogen (secondary N) is 2. The summed E-state index contributed by atoms with van der Waals surface area (Å²) in [6, 6.07) is 5.22. The Bertz CT molecular complexity index is 1180. The Kier molecular flexibility index (Phi) is 5.12. The summed E-state index contributed by atoms with van der Waals surface area (Å²) in [6.45, 7) is 10.1. The van der Waals surface area contributed by atoms with E-state index in [4.69, 9.17) is 4.74 Å². The fourth-order valence-electron chi connectivity index (χ4n) is 3.43. The molecule has 0 unspecified atom stereocenters. The van der Waals surface area contributed by atoms with Gasteiger partial charge in [0.25, 0.3) is 5.91 Å². The first-order chi connectivity index (χ1) is 14.6. The molecular formula is C22H26N6O3. The van der Waals surface area contributed by atoms with Crippen LogP contribution in [0.1, 0.15) is 53.8 Å². The van der Waals surface area contributed by atoms with Crippen molar-refractivity contribution in [3.05, 3.63) is 46.4 Å². The van der Waals surface area contributed by atoms with Crippen LogP contribution in [0.15, 0.2) is 18.2 Å². The summed E-state index contributed by atoms with van der Waals surface area (Å²) in [4.78, 5) is 36.0. The van der Waals surface area contributed by atoms with Crippen LogP contribution in [0.25, 0.3) is 11.0 Å². The third kappa shape index (κ3) is 4.35. The molecule has 0 aliphatic carbocycles.